The van der Waals surface area contributed by atoms with Gasteiger partial charge in [0.15, 0.2) is 0 Å². The van der Waals surface area contributed by atoms with E-state index in [4.69, 9.17) is 4.74 Å². The maximum absolute atomic E-state index is 13.2. The molecule has 0 spiro atoms. The van der Waals surface area contributed by atoms with E-state index in [1.54, 1.807) is 18.2 Å². The molecule has 0 aromatic heterocycles. The summed E-state index contributed by atoms with van der Waals surface area (Å²) in [6.45, 7) is 5.50. The Bertz CT molecular complexity index is 835. The van der Waals surface area contributed by atoms with Crippen LogP contribution in [0.4, 0.5) is 5.69 Å². The third kappa shape index (κ3) is 3.65. The first-order valence-electron chi connectivity index (χ1n) is 8.43. The fourth-order valence-corrected chi connectivity index (χ4v) is 4.58. The quantitative estimate of drug-likeness (QED) is 0.822. The average Bonchev–Trinajstić information content (AvgIpc) is 2.60. The van der Waals surface area contributed by atoms with Gasteiger partial charge in [0.1, 0.15) is 12.4 Å². The largest absolute Gasteiger partial charge is 0.490 e. The molecule has 1 heterocycles. The van der Waals surface area contributed by atoms with E-state index in [0.717, 1.165) is 23.5 Å². The lowest BCUT2D eigenvalue weighted by molar-refractivity contribution is 0.311. The van der Waals surface area contributed by atoms with Crippen molar-refractivity contribution < 1.29 is 13.2 Å². The minimum atomic E-state index is -3.60. The summed E-state index contributed by atoms with van der Waals surface area (Å²) in [6.07, 6.45) is 0. The molecule has 134 valence electrons. The number of hydrogen-bond donors (Lipinski definition) is 0. The van der Waals surface area contributed by atoms with E-state index in [9.17, 15) is 8.42 Å². The van der Waals surface area contributed by atoms with Crippen molar-refractivity contribution in [3.63, 3.8) is 0 Å². The van der Waals surface area contributed by atoms with Crippen molar-refractivity contribution in [2.24, 2.45) is 0 Å². The molecule has 2 aromatic carbocycles. The lowest BCUT2D eigenvalue weighted by atomic mass is 10.2. The van der Waals surface area contributed by atoms with Crippen LogP contribution in [-0.4, -0.2) is 39.0 Å². The molecule has 6 heteroatoms. The number of sulfonamides is 1. The molecule has 0 saturated carbocycles. The highest BCUT2D eigenvalue weighted by Gasteiger charge is 2.29. The molecule has 5 nitrogen and oxygen atoms in total. The monoisotopic (exact) mass is 360 g/mol. The molecule has 0 aliphatic carbocycles. The Kier molecular flexibility index (Phi) is 5.01. The summed E-state index contributed by atoms with van der Waals surface area (Å²) in [5.74, 6) is 0.729. The summed E-state index contributed by atoms with van der Waals surface area (Å²) in [6, 6.07) is 14.6. The van der Waals surface area contributed by atoms with Crippen molar-refractivity contribution >= 4 is 15.7 Å². The number of fused-ring (bicyclic) bond motifs is 1. The SMILES string of the molecule is CC(C)N(Cc1ccccc1)S(=O)(=O)c1ccc2c(c1)N(C)CCO2. The molecule has 2 aromatic rings. The molecule has 0 radical (unpaired) electrons. The molecular formula is C19H24N2O3S. The third-order valence-electron chi connectivity index (χ3n) is 4.39. The van der Waals surface area contributed by atoms with Gasteiger partial charge >= 0.3 is 0 Å². The van der Waals surface area contributed by atoms with Gasteiger partial charge in [-0.3, -0.25) is 0 Å². The zero-order valence-electron chi connectivity index (χ0n) is 14.8. The van der Waals surface area contributed by atoms with Gasteiger partial charge in [0.2, 0.25) is 10.0 Å². The van der Waals surface area contributed by atoms with Crippen LogP contribution in [0.3, 0.4) is 0 Å². The van der Waals surface area contributed by atoms with Gasteiger partial charge in [-0.05, 0) is 37.6 Å². The Morgan fingerprint density at radius 3 is 2.56 bits per heavy atom. The molecule has 0 fully saturated rings. The summed E-state index contributed by atoms with van der Waals surface area (Å²) in [7, 11) is -1.66. The van der Waals surface area contributed by atoms with Crippen molar-refractivity contribution in [2.75, 3.05) is 25.1 Å². The van der Waals surface area contributed by atoms with E-state index in [2.05, 4.69) is 0 Å². The highest BCUT2D eigenvalue weighted by Crippen LogP contribution is 2.34. The summed E-state index contributed by atoms with van der Waals surface area (Å²) in [4.78, 5) is 2.32. The van der Waals surface area contributed by atoms with Crippen molar-refractivity contribution in [1.29, 1.82) is 0 Å². The number of anilines is 1. The van der Waals surface area contributed by atoms with Crippen LogP contribution in [0.2, 0.25) is 0 Å². The van der Waals surface area contributed by atoms with Gasteiger partial charge in [-0.25, -0.2) is 8.42 Å². The standard InChI is InChI=1S/C19H24N2O3S/c1-15(2)21(14-16-7-5-4-6-8-16)25(22,23)17-9-10-19-18(13-17)20(3)11-12-24-19/h4-10,13,15H,11-12,14H2,1-3H3. The summed E-state index contributed by atoms with van der Waals surface area (Å²) in [5, 5.41) is 0. The van der Waals surface area contributed by atoms with E-state index in [1.165, 1.54) is 4.31 Å². The number of rotatable bonds is 5. The fourth-order valence-electron chi connectivity index (χ4n) is 2.93. The van der Waals surface area contributed by atoms with Gasteiger partial charge in [0, 0.05) is 19.6 Å². The van der Waals surface area contributed by atoms with Gasteiger partial charge in [-0.2, -0.15) is 4.31 Å². The summed E-state index contributed by atoms with van der Waals surface area (Å²) < 4.78 is 33.6. The summed E-state index contributed by atoms with van der Waals surface area (Å²) >= 11 is 0. The van der Waals surface area contributed by atoms with Gasteiger partial charge in [0.05, 0.1) is 17.1 Å². The molecule has 25 heavy (non-hydrogen) atoms. The second kappa shape index (κ2) is 7.06. The molecule has 0 amide bonds. The van der Waals surface area contributed by atoms with Crippen LogP contribution in [0, 0.1) is 0 Å². The molecule has 3 rings (SSSR count). The van der Waals surface area contributed by atoms with Gasteiger partial charge < -0.3 is 9.64 Å². The van der Waals surface area contributed by atoms with E-state index in [0.29, 0.717) is 18.0 Å². The van der Waals surface area contributed by atoms with Crippen molar-refractivity contribution in [3.8, 4) is 5.75 Å². The molecule has 1 aliphatic heterocycles. The Hall–Kier alpha value is -2.05. The summed E-state index contributed by atoms with van der Waals surface area (Å²) in [5.41, 5.74) is 1.79. The molecule has 0 bridgehead atoms. The van der Waals surface area contributed by atoms with Crippen molar-refractivity contribution in [1.82, 2.24) is 4.31 Å². The maximum atomic E-state index is 13.2. The van der Waals surface area contributed by atoms with Crippen LogP contribution in [0.5, 0.6) is 5.75 Å². The number of hydrogen-bond acceptors (Lipinski definition) is 4. The predicted molar refractivity (Wildman–Crippen MR) is 99.5 cm³/mol. The van der Waals surface area contributed by atoms with E-state index in [1.807, 2.05) is 56.1 Å². The lowest BCUT2D eigenvalue weighted by Crippen LogP contribution is -2.36. The van der Waals surface area contributed by atoms with Crippen molar-refractivity contribution in [2.45, 2.75) is 31.3 Å². The van der Waals surface area contributed by atoms with E-state index in [-0.39, 0.29) is 6.04 Å². The second-order valence-corrected chi connectivity index (χ2v) is 8.42. The number of nitrogens with zero attached hydrogens (tertiary/aromatic N) is 2. The van der Waals surface area contributed by atoms with Gasteiger partial charge in [-0.15, -0.1) is 0 Å². The van der Waals surface area contributed by atoms with Crippen LogP contribution < -0.4 is 9.64 Å². The molecule has 0 saturated heterocycles. The normalized spacial score (nSPS) is 14.5. The Balaban J connectivity index is 1.97. The fraction of sp³-hybridized carbons (Fsp3) is 0.368. The van der Waals surface area contributed by atoms with Crippen molar-refractivity contribution in [3.05, 3.63) is 54.1 Å². The first-order chi connectivity index (χ1) is 11.9. The maximum Gasteiger partial charge on any atom is 0.243 e. The van der Waals surface area contributed by atoms with E-state index >= 15 is 0 Å². The third-order valence-corrected chi connectivity index (χ3v) is 6.41. The second-order valence-electron chi connectivity index (χ2n) is 6.53. The Morgan fingerprint density at radius 2 is 1.88 bits per heavy atom. The molecule has 1 aliphatic rings. The molecule has 0 unspecified atom stereocenters. The van der Waals surface area contributed by atoms with Crippen LogP contribution in [-0.2, 0) is 16.6 Å². The minimum Gasteiger partial charge on any atom is -0.490 e. The Morgan fingerprint density at radius 1 is 1.16 bits per heavy atom. The predicted octanol–water partition coefficient (Wildman–Crippen LogP) is 3.11. The van der Waals surface area contributed by atoms with E-state index < -0.39 is 10.0 Å². The highest BCUT2D eigenvalue weighted by molar-refractivity contribution is 7.89. The first-order valence-corrected chi connectivity index (χ1v) is 9.87. The van der Waals surface area contributed by atoms with Crippen LogP contribution in [0.25, 0.3) is 0 Å². The van der Waals surface area contributed by atoms with Crippen LogP contribution in [0.1, 0.15) is 19.4 Å². The van der Waals surface area contributed by atoms with Crippen LogP contribution in [0.15, 0.2) is 53.4 Å². The van der Waals surface area contributed by atoms with Gasteiger partial charge in [-0.1, -0.05) is 30.3 Å². The first kappa shape index (κ1) is 17.8. The zero-order valence-corrected chi connectivity index (χ0v) is 15.7. The molecular weight excluding hydrogens is 336 g/mol. The highest BCUT2D eigenvalue weighted by atomic mass is 32.2. The zero-order chi connectivity index (χ0) is 18.0. The van der Waals surface area contributed by atoms with Gasteiger partial charge in [0.25, 0.3) is 0 Å². The number of benzene rings is 2. The number of likely N-dealkylation sites (N-methyl/N-ethyl adjacent to an activating group) is 1. The molecule has 0 N–H and O–H groups in total. The Labute approximate surface area is 149 Å². The topological polar surface area (TPSA) is 49.9 Å². The lowest BCUT2D eigenvalue weighted by Gasteiger charge is -2.30. The average molecular weight is 360 g/mol. The smallest absolute Gasteiger partial charge is 0.243 e. The molecule has 0 atom stereocenters. The number of ether oxygens (including phenoxy) is 1. The van der Waals surface area contributed by atoms with Crippen LogP contribution >= 0.6 is 0 Å². The minimum absolute atomic E-state index is 0.143.